The van der Waals surface area contributed by atoms with E-state index in [1.807, 2.05) is 13.0 Å². The average Bonchev–Trinajstić information content (AvgIpc) is 2.71. The Morgan fingerprint density at radius 1 is 1.14 bits per heavy atom. The van der Waals surface area contributed by atoms with E-state index in [0.717, 1.165) is 5.56 Å². The molecule has 0 saturated carbocycles. The van der Waals surface area contributed by atoms with Crippen LogP contribution < -0.4 is 15.0 Å². The van der Waals surface area contributed by atoms with Crippen LogP contribution >= 0.6 is 0 Å². The van der Waals surface area contributed by atoms with E-state index in [2.05, 4.69) is 4.98 Å². The van der Waals surface area contributed by atoms with Gasteiger partial charge in [-0.2, -0.15) is 0 Å². The van der Waals surface area contributed by atoms with Crippen molar-refractivity contribution >= 4 is 17.7 Å². The minimum atomic E-state index is -0.552. The number of esters is 1. The molecule has 7 nitrogen and oxygen atoms in total. The molecule has 0 aliphatic heterocycles. The molecule has 0 bridgehead atoms. The van der Waals surface area contributed by atoms with Gasteiger partial charge in [0.2, 0.25) is 0 Å². The lowest BCUT2D eigenvalue weighted by atomic mass is 10.2. The van der Waals surface area contributed by atoms with Crippen LogP contribution in [-0.4, -0.2) is 29.6 Å². The second-order valence-electron chi connectivity index (χ2n) is 6.07. The van der Waals surface area contributed by atoms with Gasteiger partial charge in [0.05, 0.1) is 19.9 Å². The van der Waals surface area contributed by atoms with Crippen molar-refractivity contribution in [2.24, 2.45) is 0 Å². The highest BCUT2D eigenvalue weighted by Gasteiger charge is 2.06. The molecule has 2 aromatic heterocycles. The standard InChI is InChI=1S/C21H20N2O5/c1-14-4-8-19-22-16(10-20(24)23(19)12-14)13-28-21(25)9-6-15-5-7-17(26-2)11-18(15)27-3/h4-12H,13H2,1-3H3/b9-6+. The van der Waals surface area contributed by atoms with Crippen molar-refractivity contribution in [3.63, 3.8) is 0 Å². The third-order valence-corrected chi connectivity index (χ3v) is 4.06. The van der Waals surface area contributed by atoms with Crippen molar-refractivity contribution in [3.8, 4) is 11.5 Å². The first-order valence-electron chi connectivity index (χ1n) is 8.56. The molecule has 0 fully saturated rings. The Morgan fingerprint density at radius 3 is 2.71 bits per heavy atom. The largest absolute Gasteiger partial charge is 0.497 e. The summed E-state index contributed by atoms with van der Waals surface area (Å²) >= 11 is 0. The van der Waals surface area contributed by atoms with Gasteiger partial charge >= 0.3 is 5.97 Å². The Labute approximate surface area is 161 Å². The molecule has 0 saturated heterocycles. The Hall–Kier alpha value is -3.61. The number of nitrogens with zero attached hydrogens (tertiary/aromatic N) is 2. The molecule has 144 valence electrons. The van der Waals surface area contributed by atoms with Crippen LogP contribution in [0.3, 0.4) is 0 Å². The van der Waals surface area contributed by atoms with E-state index in [0.29, 0.717) is 28.4 Å². The Kier molecular flexibility index (Phi) is 5.74. The van der Waals surface area contributed by atoms with Crippen molar-refractivity contribution in [2.45, 2.75) is 13.5 Å². The quantitative estimate of drug-likeness (QED) is 0.483. The normalized spacial score (nSPS) is 11.0. The predicted octanol–water partition coefficient (Wildman–Crippen LogP) is 2.78. The van der Waals surface area contributed by atoms with E-state index in [4.69, 9.17) is 14.2 Å². The number of fused-ring (bicyclic) bond motifs is 1. The van der Waals surface area contributed by atoms with Crippen LogP contribution in [0.4, 0.5) is 0 Å². The van der Waals surface area contributed by atoms with Crippen molar-refractivity contribution in [1.82, 2.24) is 9.38 Å². The molecular weight excluding hydrogens is 360 g/mol. The van der Waals surface area contributed by atoms with Gasteiger partial charge in [-0.15, -0.1) is 0 Å². The number of carbonyl (C=O) groups is 1. The Bertz CT molecular complexity index is 1100. The number of pyridine rings is 1. The minimum absolute atomic E-state index is 0.0947. The molecule has 0 N–H and O–H groups in total. The number of carbonyl (C=O) groups excluding carboxylic acids is 1. The lowest BCUT2D eigenvalue weighted by molar-refractivity contribution is -0.139. The molecule has 0 atom stereocenters. The fourth-order valence-electron chi connectivity index (χ4n) is 2.64. The maximum absolute atomic E-state index is 12.2. The SMILES string of the molecule is COc1ccc(/C=C/C(=O)OCc2cc(=O)n3cc(C)ccc3n2)c(OC)c1. The van der Waals surface area contributed by atoms with Crippen molar-refractivity contribution in [3.05, 3.63) is 75.8 Å². The van der Waals surface area contributed by atoms with E-state index in [-0.39, 0.29) is 12.2 Å². The average molecular weight is 380 g/mol. The number of aryl methyl sites for hydroxylation is 1. The third kappa shape index (κ3) is 4.37. The highest BCUT2D eigenvalue weighted by Crippen LogP contribution is 2.25. The summed E-state index contributed by atoms with van der Waals surface area (Å²) < 4.78 is 17.1. The second kappa shape index (κ2) is 8.39. The molecule has 2 heterocycles. The van der Waals surface area contributed by atoms with Gasteiger partial charge in [0.25, 0.3) is 5.56 Å². The first-order valence-corrected chi connectivity index (χ1v) is 8.56. The Balaban J connectivity index is 1.69. The van der Waals surface area contributed by atoms with Crippen LogP contribution in [0, 0.1) is 6.92 Å². The zero-order valence-corrected chi connectivity index (χ0v) is 15.8. The van der Waals surface area contributed by atoms with Crippen LogP contribution in [0.5, 0.6) is 11.5 Å². The molecule has 0 unspecified atom stereocenters. The Morgan fingerprint density at radius 2 is 1.96 bits per heavy atom. The summed E-state index contributed by atoms with van der Waals surface area (Å²) in [6.07, 6.45) is 4.60. The summed E-state index contributed by atoms with van der Waals surface area (Å²) in [5.41, 5.74) is 2.32. The zero-order chi connectivity index (χ0) is 20.1. The van der Waals surface area contributed by atoms with Crippen LogP contribution in [-0.2, 0) is 16.1 Å². The van der Waals surface area contributed by atoms with Gasteiger partial charge in [0.1, 0.15) is 23.8 Å². The fourth-order valence-corrected chi connectivity index (χ4v) is 2.64. The van der Waals surface area contributed by atoms with Gasteiger partial charge in [-0.25, -0.2) is 9.78 Å². The molecule has 3 rings (SSSR count). The molecule has 0 spiro atoms. The number of rotatable bonds is 6. The summed E-state index contributed by atoms with van der Waals surface area (Å²) in [5, 5.41) is 0. The van der Waals surface area contributed by atoms with Crippen molar-refractivity contribution in [2.75, 3.05) is 14.2 Å². The highest BCUT2D eigenvalue weighted by atomic mass is 16.5. The van der Waals surface area contributed by atoms with E-state index >= 15 is 0 Å². The molecule has 1 aromatic carbocycles. The highest BCUT2D eigenvalue weighted by molar-refractivity contribution is 5.87. The minimum Gasteiger partial charge on any atom is -0.497 e. The van der Waals surface area contributed by atoms with Gasteiger partial charge < -0.3 is 14.2 Å². The maximum Gasteiger partial charge on any atom is 0.331 e. The van der Waals surface area contributed by atoms with E-state index in [9.17, 15) is 9.59 Å². The molecule has 0 aliphatic rings. The number of hydrogen-bond donors (Lipinski definition) is 0. The van der Waals surface area contributed by atoms with Crippen LogP contribution in [0.25, 0.3) is 11.7 Å². The van der Waals surface area contributed by atoms with E-state index in [1.54, 1.807) is 43.6 Å². The van der Waals surface area contributed by atoms with Gasteiger partial charge in [-0.3, -0.25) is 9.20 Å². The molecule has 0 amide bonds. The summed E-state index contributed by atoms with van der Waals surface area (Å²) in [4.78, 5) is 28.5. The second-order valence-corrected chi connectivity index (χ2v) is 6.07. The topological polar surface area (TPSA) is 79.1 Å². The first kappa shape index (κ1) is 19.2. The van der Waals surface area contributed by atoms with Crippen molar-refractivity contribution < 1.29 is 19.0 Å². The summed E-state index contributed by atoms with van der Waals surface area (Å²) in [6, 6.07) is 10.2. The van der Waals surface area contributed by atoms with Crippen molar-refractivity contribution in [1.29, 1.82) is 0 Å². The maximum atomic E-state index is 12.2. The number of ether oxygens (including phenoxy) is 3. The predicted molar refractivity (Wildman–Crippen MR) is 105 cm³/mol. The molecular formula is C21H20N2O5. The van der Waals surface area contributed by atoms with Crippen LogP contribution in [0.2, 0.25) is 0 Å². The third-order valence-electron chi connectivity index (χ3n) is 4.06. The lowest BCUT2D eigenvalue weighted by Gasteiger charge is -2.07. The molecule has 0 radical (unpaired) electrons. The smallest absolute Gasteiger partial charge is 0.331 e. The van der Waals surface area contributed by atoms with E-state index < -0.39 is 5.97 Å². The fraction of sp³-hybridized carbons (Fsp3) is 0.190. The van der Waals surface area contributed by atoms with E-state index in [1.165, 1.54) is 23.7 Å². The van der Waals surface area contributed by atoms with Gasteiger partial charge in [-0.05, 0) is 36.8 Å². The number of hydrogen-bond acceptors (Lipinski definition) is 6. The first-order chi connectivity index (χ1) is 13.5. The number of benzene rings is 1. The van der Waals surface area contributed by atoms with Gasteiger partial charge in [0, 0.05) is 30.0 Å². The molecule has 3 aromatic rings. The monoisotopic (exact) mass is 380 g/mol. The molecule has 0 aliphatic carbocycles. The summed E-state index contributed by atoms with van der Waals surface area (Å²) in [5.74, 6) is 0.673. The lowest BCUT2D eigenvalue weighted by Crippen LogP contribution is -2.16. The summed E-state index contributed by atoms with van der Waals surface area (Å²) in [7, 11) is 3.10. The van der Waals surface area contributed by atoms with Gasteiger partial charge in [-0.1, -0.05) is 6.07 Å². The van der Waals surface area contributed by atoms with Gasteiger partial charge in [0.15, 0.2) is 0 Å². The number of methoxy groups -OCH3 is 2. The van der Waals surface area contributed by atoms with Crippen LogP contribution in [0.15, 0.2) is 53.5 Å². The van der Waals surface area contributed by atoms with Crippen LogP contribution in [0.1, 0.15) is 16.8 Å². The number of aromatic nitrogens is 2. The molecule has 7 heteroatoms. The molecule has 28 heavy (non-hydrogen) atoms. The zero-order valence-electron chi connectivity index (χ0n) is 15.8. The summed E-state index contributed by atoms with van der Waals surface area (Å²) in [6.45, 7) is 1.80.